The lowest BCUT2D eigenvalue weighted by molar-refractivity contribution is 0.0698. The number of hydrogen-bond donors (Lipinski definition) is 3. The van der Waals surface area contributed by atoms with Gasteiger partial charge in [-0.25, -0.2) is 4.79 Å². The van der Waals surface area contributed by atoms with Crippen LogP contribution in [0, 0.1) is 5.92 Å². The van der Waals surface area contributed by atoms with Crippen LogP contribution in [0.4, 0.5) is 11.4 Å². The highest BCUT2D eigenvalue weighted by atomic mass is 16.4. The van der Waals surface area contributed by atoms with Crippen LogP contribution < -0.4 is 11.1 Å². The number of nitrogen functional groups attached to an aromatic ring is 1. The second-order valence-electron chi connectivity index (χ2n) is 5.37. The van der Waals surface area contributed by atoms with E-state index in [1.165, 1.54) is 12.8 Å². The number of nitrogens with zero attached hydrogens (tertiary/aromatic N) is 1. The molecule has 0 aromatic heterocycles. The molecule has 20 heavy (non-hydrogen) atoms. The van der Waals surface area contributed by atoms with Gasteiger partial charge >= 0.3 is 5.97 Å². The first-order chi connectivity index (χ1) is 9.60. The average molecular weight is 277 g/mol. The summed E-state index contributed by atoms with van der Waals surface area (Å²) in [7, 11) is 0. The summed E-state index contributed by atoms with van der Waals surface area (Å²) in [6.45, 7) is 6.52. The molecule has 1 aromatic rings. The first-order valence-corrected chi connectivity index (χ1v) is 7.19. The summed E-state index contributed by atoms with van der Waals surface area (Å²) >= 11 is 0. The molecule has 0 saturated carbocycles. The van der Waals surface area contributed by atoms with Crippen molar-refractivity contribution in [3.8, 4) is 0 Å². The van der Waals surface area contributed by atoms with Gasteiger partial charge in [0.15, 0.2) is 0 Å². The second kappa shape index (κ2) is 6.61. The standard InChI is InChI=1S/C15H23N3O2/c1-2-18-7-5-11(6-8-18)10-17-12-3-4-14(16)13(9-12)15(19)20/h3-4,9,11,17H,2,5-8,10,16H2,1H3,(H,19,20). The molecule has 1 fully saturated rings. The molecule has 1 aromatic carbocycles. The van der Waals surface area contributed by atoms with Gasteiger partial charge < -0.3 is 21.1 Å². The van der Waals surface area contributed by atoms with Gasteiger partial charge in [-0.15, -0.1) is 0 Å². The zero-order valence-electron chi connectivity index (χ0n) is 11.9. The van der Waals surface area contributed by atoms with Gasteiger partial charge in [-0.1, -0.05) is 6.92 Å². The minimum atomic E-state index is -0.984. The highest BCUT2D eigenvalue weighted by Crippen LogP contribution is 2.21. The Hall–Kier alpha value is -1.75. The van der Waals surface area contributed by atoms with E-state index in [1.807, 2.05) is 6.07 Å². The smallest absolute Gasteiger partial charge is 0.337 e. The molecular formula is C15H23N3O2. The zero-order valence-corrected chi connectivity index (χ0v) is 11.9. The predicted octanol–water partition coefficient (Wildman–Crippen LogP) is 2.11. The Kier molecular flexibility index (Phi) is 4.84. The molecule has 110 valence electrons. The van der Waals surface area contributed by atoms with Crippen LogP contribution in [-0.2, 0) is 0 Å². The van der Waals surface area contributed by atoms with Crippen molar-refractivity contribution in [1.29, 1.82) is 0 Å². The van der Waals surface area contributed by atoms with Crippen molar-refractivity contribution in [1.82, 2.24) is 4.90 Å². The van der Waals surface area contributed by atoms with Gasteiger partial charge in [0.2, 0.25) is 0 Å². The molecule has 2 rings (SSSR count). The SMILES string of the molecule is CCN1CCC(CNc2ccc(N)c(C(=O)O)c2)CC1. The summed E-state index contributed by atoms with van der Waals surface area (Å²) in [4.78, 5) is 13.5. The van der Waals surface area contributed by atoms with Crippen molar-refractivity contribution in [3.63, 3.8) is 0 Å². The van der Waals surface area contributed by atoms with Crippen molar-refractivity contribution in [2.45, 2.75) is 19.8 Å². The fourth-order valence-electron chi connectivity index (χ4n) is 2.62. The lowest BCUT2D eigenvalue weighted by atomic mass is 9.96. The third-order valence-electron chi connectivity index (χ3n) is 4.03. The van der Waals surface area contributed by atoms with E-state index in [0.29, 0.717) is 11.6 Å². The van der Waals surface area contributed by atoms with Crippen LogP contribution in [0.1, 0.15) is 30.1 Å². The molecule has 0 atom stereocenters. The fourth-order valence-corrected chi connectivity index (χ4v) is 2.62. The maximum atomic E-state index is 11.0. The number of nitrogens with two attached hydrogens (primary N) is 1. The van der Waals surface area contributed by atoms with Crippen molar-refractivity contribution in [2.75, 3.05) is 37.2 Å². The predicted molar refractivity (Wildman–Crippen MR) is 81.1 cm³/mol. The fraction of sp³-hybridized carbons (Fsp3) is 0.533. The number of rotatable bonds is 5. The van der Waals surface area contributed by atoms with Gasteiger partial charge in [0.1, 0.15) is 0 Å². The third-order valence-corrected chi connectivity index (χ3v) is 4.03. The largest absolute Gasteiger partial charge is 0.478 e. The zero-order chi connectivity index (χ0) is 14.5. The van der Waals surface area contributed by atoms with Gasteiger partial charge in [0.05, 0.1) is 5.56 Å². The molecule has 1 saturated heterocycles. The van der Waals surface area contributed by atoms with E-state index in [4.69, 9.17) is 10.8 Å². The molecule has 5 nitrogen and oxygen atoms in total. The van der Waals surface area contributed by atoms with Gasteiger partial charge in [-0.05, 0) is 56.6 Å². The number of benzene rings is 1. The van der Waals surface area contributed by atoms with Gasteiger partial charge in [0, 0.05) is 17.9 Å². The number of nitrogens with one attached hydrogen (secondary N) is 1. The Morgan fingerprint density at radius 3 is 2.75 bits per heavy atom. The molecule has 0 spiro atoms. The Balaban J connectivity index is 1.88. The number of piperidine rings is 1. The minimum absolute atomic E-state index is 0.163. The van der Waals surface area contributed by atoms with Crippen molar-refractivity contribution in [2.24, 2.45) is 5.92 Å². The number of carbonyl (C=O) groups is 1. The monoisotopic (exact) mass is 277 g/mol. The third kappa shape index (κ3) is 3.63. The van der Waals surface area contributed by atoms with Crippen LogP contribution in [0.5, 0.6) is 0 Å². The number of hydrogen-bond acceptors (Lipinski definition) is 4. The topological polar surface area (TPSA) is 78.6 Å². The van der Waals surface area contributed by atoms with Crippen LogP contribution >= 0.6 is 0 Å². The normalized spacial score (nSPS) is 17.1. The van der Waals surface area contributed by atoms with Crippen LogP contribution in [-0.4, -0.2) is 42.2 Å². The molecule has 0 amide bonds. The maximum absolute atomic E-state index is 11.0. The van der Waals surface area contributed by atoms with E-state index >= 15 is 0 Å². The Labute approximate surface area is 119 Å². The number of likely N-dealkylation sites (tertiary alicyclic amines) is 1. The van der Waals surface area contributed by atoms with E-state index in [2.05, 4.69) is 17.1 Å². The molecule has 0 radical (unpaired) electrons. The number of anilines is 2. The molecule has 0 bridgehead atoms. The van der Waals surface area contributed by atoms with Crippen LogP contribution in [0.25, 0.3) is 0 Å². The summed E-state index contributed by atoms with van der Waals surface area (Å²) in [5.41, 5.74) is 6.94. The highest BCUT2D eigenvalue weighted by Gasteiger charge is 2.18. The molecule has 1 aliphatic heterocycles. The molecule has 1 aliphatic rings. The lowest BCUT2D eigenvalue weighted by Gasteiger charge is -2.31. The molecule has 4 N–H and O–H groups in total. The highest BCUT2D eigenvalue weighted by molar-refractivity contribution is 5.94. The summed E-state index contributed by atoms with van der Waals surface area (Å²) < 4.78 is 0. The van der Waals surface area contributed by atoms with E-state index < -0.39 is 5.97 Å². The first-order valence-electron chi connectivity index (χ1n) is 7.19. The molecule has 5 heteroatoms. The van der Waals surface area contributed by atoms with E-state index in [-0.39, 0.29) is 5.56 Å². The summed E-state index contributed by atoms with van der Waals surface area (Å²) in [6.07, 6.45) is 2.39. The Morgan fingerprint density at radius 1 is 1.45 bits per heavy atom. The van der Waals surface area contributed by atoms with E-state index in [0.717, 1.165) is 31.9 Å². The summed E-state index contributed by atoms with van der Waals surface area (Å²) in [5.74, 6) is -0.328. The second-order valence-corrected chi connectivity index (χ2v) is 5.37. The van der Waals surface area contributed by atoms with Crippen LogP contribution in [0.2, 0.25) is 0 Å². The van der Waals surface area contributed by atoms with Gasteiger partial charge in [0.25, 0.3) is 0 Å². The van der Waals surface area contributed by atoms with Gasteiger partial charge in [-0.2, -0.15) is 0 Å². The minimum Gasteiger partial charge on any atom is -0.478 e. The maximum Gasteiger partial charge on any atom is 0.337 e. The van der Waals surface area contributed by atoms with Crippen LogP contribution in [0.3, 0.4) is 0 Å². The van der Waals surface area contributed by atoms with Gasteiger partial charge in [-0.3, -0.25) is 0 Å². The molecule has 0 aliphatic carbocycles. The Bertz CT molecular complexity index is 468. The molecular weight excluding hydrogens is 254 g/mol. The summed E-state index contributed by atoms with van der Waals surface area (Å²) in [5, 5.41) is 12.4. The number of carboxylic acids is 1. The quantitative estimate of drug-likeness (QED) is 0.718. The average Bonchev–Trinajstić information content (AvgIpc) is 2.46. The van der Waals surface area contributed by atoms with E-state index in [1.54, 1.807) is 12.1 Å². The van der Waals surface area contributed by atoms with Crippen molar-refractivity contribution < 1.29 is 9.90 Å². The van der Waals surface area contributed by atoms with Crippen LogP contribution in [0.15, 0.2) is 18.2 Å². The molecule has 0 unspecified atom stereocenters. The van der Waals surface area contributed by atoms with E-state index in [9.17, 15) is 4.79 Å². The first kappa shape index (κ1) is 14.7. The lowest BCUT2D eigenvalue weighted by Crippen LogP contribution is -2.35. The molecule has 1 heterocycles. The number of aromatic carboxylic acids is 1. The van der Waals surface area contributed by atoms with Crippen molar-refractivity contribution in [3.05, 3.63) is 23.8 Å². The Morgan fingerprint density at radius 2 is 2.15 bits per heavy atom. The number of carboxylic acid groups (broad SMARTS) is 1. The van der Waals surface area contributed by atoms with Crippen molar-refractivity contribution >= 4 is 17.3 Å². The summed E-state index contributed by atoms with van der Waals surface area (Å²) in [6, 6.07) is 5.09.